The lowest BCUT2D eigenvalue weighted by Crippen LogP contribution is -2.32. The van der Waals surface area contributed by atoms with Crippen LogP contribution in [0.25, 0.3) is 0 Å². The van der Waals surface area contributed by atoms with Crippen molar-refractivity contribution in [1.82, 2.24) is 0 Å². The number of ketones is 1. The fourth-order valence-corrected chi connectivity index (χ4v) is 1.01. The van der Waals surface area contributed by atoms with Crippen molar-refractivity contribution < 1.29 is 19.4 Å². The van der Waals surface area contributed by atoms with Gasteiger partial charge in [-0.1, -0.05) is 0 Å². The van der Waals surface area contributed by atoms with E-state index in [2.05, 4.69) is 0 Å². The van der Waals surface area contributed by atoms with Crippen LogP contribution in [-0.4, -0.2) is 30.1 Å². The molecule has 0 radical (unpaired) electrons. The fraction of sp³-hybridized carbons (Fsp3) is 0.750. The first-order chi connectivity index (χ1) is 5.74. The smallest absolute Gasteiger partial charge is 0.309 e. The summed E-state index contributed by atoms with van der Waals surface area (Å²) in [6, 6.07) is 0. The Morgan fingerprint density at radius 2 is 2.25 bits per heavy atom. The number of carbonyl (C=O) groups excluding carboxylic acids is 2. The van der Waals surface area contributed by atoms with Crippen LogP contribution in [-0.2, 0) is 14.3 Å². The maximum Gasteiger partial charge on any atom is 0.309 e. The van der Waals surface area contributed by atoms with Crippen LogP contribution >= 0.6 is 0 Å². The highest BCUT2D eigenvalue weighted by molar-refractivity contribution is 5.94. The summed E-state index contributed by atoms with van der Waals surface area (Å²) < 4.78 is 4.78. The predicted molar refractivity (Wildman–Crippen MR) is 40.4 cm³/mol. The van der Waals surface area contributed by atoms with Gasteiger partial charge in [-0.3, -0.25) is 9.59 Å². The third-order valence-corrected chi connectivity index (χ3v) is 1.83. The Labute approximate surface area is 70.5 Å². The minimum Gasteiger partial charge on any atom is -0.465 e. The van der Waals surface area contributed by atoms with Gasteiger partial charge in [-0.15, -0.1) is 0 Å². The zero-order chi connectivity index (χ0) is 8.97. The van der Waals surface area contributed by atoms with E-state index in [4.69, 9.17) is 9.84 Å². The minimum atomic E-state index is -0.303. The molecule has 0 unspecified atom stereocenters. The lowest BCUT2D eigenvalue weighted by atomic mass is 9.84. The van der Waals surface area contributed by atoms with Crippen LogP contribution in [0.1, 0.15) is 19.3 Å². The average molecular weight is 172 g/mol. The molecule has 1 N–H and O–H groups in total. The quantitative estimate of drug-likeness (QED) is 0.474. The van der Waals surface area contributed by atoms with Crippen molar-refractivity contribution >= 4 is 11.8 Å². The van der Waals surface area contributed by atoms with Gasteiger partial charge in [0.25, 0.3) is 0 Å². The van der Waals surface area contributed by atoms with Crippen LogP contribution in [0.2, 0.25) is 0 Å². The largest absolute Gasteiger partial charge is 0.465 e. The third-order valence-electron chi connectivity index (χ3n) is 1.83. The number of carbonyl (C=O) groups is 2. The zero-order valence-electron chi connectivity index (χ0n) is 6.78. The van der Waals surface area contributed by atoms with Crippen molar-refractivity contribution in [2.24, 2.45) is 5.92 Å². The monoisotopic (exact) mass is 172 g/mol. The van der Waals surface area contributed by atoms with E-state index in [9.17, 15) is 9.59 Å². The Kier molecular flexibility index (Phi) is 3.22. The molecule has 0 heterocycles. The van der Waals surface area contributed by atoms with Gasteiger partial charge in [0.2, 0.25) is 0 Å². The molecule has 0 aromatic carbocycles. The first kappa shape index (κ1) is 9.19. The molecule has 0 aliphatic heterocycles. The molecule has 1 rings (SSSR count). The van der Waals surface area contributed by atoms with Crippen molar-refractivity contribution in [2.75, 3.05) is 13.2 Å². The van der Waals surface area contributed by atoms with E-state index in [-0.39, 0.29) is 30.9 Å². The summed E-state index contributed by atoms with van der Waals surface area (Å²) in [6.45, 7) is 0.275. The van der Waals surface area contributed by atoms with Gasteiger partial charge in [0.15, 0.2) is 0 Å². The van der Waals surface area contributed by atoms with Crippen LogP contribution in [0.3, 0.4) is 0 Å². The Hall–Kier alpha value is -0.900. The Bertz CT molecular complexity index is 179. The Morgan fingerprint density at radius 1 is 1.58 bits per heavy atom. The summed E-state index contributed by atoms with van der Waals surface area (Å²) in [6.07, 6.45) is 1.13. The molecule has 1 aliphatic rings. The van der Waals surface area contributed by atoms with Gasteiger partial charge in [-0.2, -0.15) is 0 Å². The van der Waals surface area contributed by atoms with Crippen molar-refractivity contribution in [3.63, 3.8) is 0 Å². The number of hydrogen-bond acceptors (Lipinski definition) is 4. The molecule has 0 atom stereocenters. The molecular weight excluding hydrogens is 160 g/mol. The number of esters is 1. The summed E-state index contributed by atoms with van der Waals surface area (Å²) in [5, 5.41) is 8.39. The SMILES string of the molecule is O=C1CC(C(=O)OCCCO)C1. The van der Waals surface area contributed by atoms with E-state index in [1.54, 1.807) is 0 Å². The van der Waals surface area contributed by atoms with Gasteiger partial charge >= 0.3 is 5.97 Å². The molecule has 0 bridgehead atoms. The minimum absolute atomic E-state index is 0.0247. The number of Topliss-reactive ketones (excluding diaryl/α,β-unsaturated/α-hetero) is 1. The molecule has 1 aliphatic carbocycles. The van der Waals surface area contributed by atoms with Gasteiger partial charge in [-0.25, -0.2) is 0 Å². The Morgan fingerprint density at radius 3 is 2.75 bits per heavy atom. The number of aliphatic hydroxyl groups excluding tert-OH is 1. The van der Waals surface area contributed by atoms with E-state index < -0.39 is 0 Å². The van der Waals surface area contributed by atoms with Gasteiger partial charge in [0.05, 0.1) is 12.5 Å². The molecule has 12 heavy (non-hydrogen) atoms. The summed E-state index contributed by atoms with van der Waals surface area (Å²) in [7, 11) is 0. The van der Waals surface area contributed by atoms with Crippen LogP contribution in [0.5, 0.6) is 0 Å². The normalized spacial score (nSPS) is 17.2. The van der Waals surface area contributed by atoms with Gasteiger partial charge in [-0.05, 0) is 0 Å². The van der Waals surface area contributed by atoms with Gasteiger partial charge < -0.3 is 9.84 Å². The summed E-state index contributed by atoms with van der Waals surface area (Å²) in [5.74, 6) is -0.390. The average Bonchev–Trinajstić information content (AvgIpc) is 1.99. The maximum absolute atomic E-state index is 11.0. The Balaban J connectivity index is 2.08. The second kappa shape index (κ2) is 4.21. The molecule has 1 fully saturated rings. The molecule has 0 spiro atoms. The molecule has 4 heteroatoms. The molecule has 68 valence electrons. The van der Waals surface area contributed by atoms with Gasteiger partial charge in [0, 0.05) is 25.9 Å². The number of hydrogen-bond donors (Lipinski definition) is 1. The topological polar surface area (TPSA) is 63.6 Å². The van der Waals surface area contributed by atoms with Crippen LogP contribution in [0.4, 0.5) is 0 Å². The maximum atomic E-state index is 11.0. The number of ether oxygens (including phenoxy) is 1. The molecular formula is C8H12O4. The van der Waals surface area contributed by atoms with E-state index in [0.717, 1.165) is 0 Å². The lowest BCUT2D eigenvalue weighted by molar-refractivity contribution is -0.155. The van der Waals surface area contributed by atoms with Crippen LogP contribution < -0.4 is 0 Å². The number of aliphatic hydroxyl groups is 1. The first-order valence-corrected chi connectivity index (χ1v) is 4.03. The highest BCUT2D eigenvalue weighted by Crippen LogP contribution is 2.23. The zero-order valence-corrected chi connectivity index (χ0v) is 6.78. The van der Waals surface area contributed by atoms with Crippen molar-refractivity contribution in [1.29, 1.82) is 0 Å². The van der Waals surface area contributed by atoms with Crippen LogP contribution in [0, 0.1) is 5.92 Å². The first-order valence-electron chi connectivity index (χ1n) is 4.03. The van der Waals surface area contributed by atoms with E-state index in [1.807, 2.05) is 0 Å². The van der Waals surface area contributed by atoms with Crippen LogP contribution in [0.15, 0.2) is 0 Å². The lowest BCUT2D eigenvalue weighted by Gasteiger charge is -2.21. The standard InChI is InChI=1S/C8H12O4/c9-2-1-3-12-8(11)6-4-7(10)5-6/h6,9H,1-5H2. The summed E-state index contributed by atoms with van der Waals surface area (Å²) >= 11 is 0. The summed E-state index contributed by atoms with van der Waals surface area (Å²) in [4.78, 5) is 21.5. The van der Waals surface area contributed by atoms with Crippen molar-refractivity contribution in [3.05, 3.63) is 0 Å². The molecule has 0 saturated heterocycles. The second-order valence-electron chi connectivity index (χ2n) is 2.89. The van der Waals surface area contributed by atoms with E-state index >= 15 is 0 Å². The van der Waals surface area contributed by atoms with E-state index in [1.165, 1.54) is 0 Å². The van der Waals surface area contributed by atoms with Crippen molar-refractivity contribution in [2.45, 2.75) is 19.3 Å². The highest BCUT2D eigenvalue weighted by Gasteiger charge is 2.33. The second-order valence-corrected chi connectivity index (χ2v) is 2.89. The highest BCUT2D eigenvalue weighted by atomic mass is 16.5. The third kappa shape index (κ3) is 2.30. The predicted octanol–water partition coefficient (Wildman–Crippen LogP) is -0.109. The molecule has 0 aromatic heterocycles. The van der Waals surface area contributed by atoms with Gasteiger partial charge in [0.1, 0.15) is 5.78 Å². The molecule has 1 saturated carbocycles. The fourth-order valence-electron chi connectivity index (χ4n) is 1.01. The van der Waals surface area contributed by atoms with Crippen molar-refractivity contribution in [3.8, 4) is 0 Å². The molecule has 4 nitrogen and oxygen atoms in total. The summed E-state index contributed by atoms with van der Waals surface area (Å²) in [5.41, 5.74) is 0. The number of rotatable bonds is 4. The van der Waals surface area contributed by atoms with E-state index in [0.29, 0.717) is 19.3 Å². The molecule has 0 aromatic rings. The molecule has 0 amide bonds.